The van der Waals surface area contributed by atoms with Gasteiger partial charge in [-0.3, -0.25) is 9.39 Å². The maximum atomic E-state index is 5.14. The summed E-state index contributed by atoms with van der Waals surface area (Å²) in [6.07, 6.45) is 5.64. The number of nitrogens with zero attached hydrogens (tertiary/aromatic N) is 7. The Morgan fingerprint density at radius 3 is 3.06 bits per heavy atom. The quantitative estimate of drug-likeness (QED) is 0.194. The lowest BCUT2D eigenvalue weighted by Gasteiger charge is -2.25. The minimum absolute atomic E-state index is 0. The van der Waals surface area contributed by atoms with E-state index in [1.807, 2.05) is 33.5 Å². The van der Waals surface area contributed by atoms with Gasteiger partial charge in [0.05, 0.1) is 6.54 Å². The van der Waals surface area contributed by atoms with Gasteiger partial charge in [-0.15, -0.1) is 34.2 Å². The van der Waals surface area contributed by atoms with Gasteiger partial charge in [-0.05, 0) is 31.9 Å². The summed E-state index contributed by atoms with van der Waals surface area (Å²) in [6.45, 7) is 4.84. The number of guanidine groups is 1. The lowest BCUT2D eigenvalue weighted by atomic mass is 10.1. The van der Waals surface area contributed by atoms with Crippen LogP contribution < -0.4 is 10.6 Å². The predicted octanol–water partition coefficient (Wildman–Crippen LogP) is 1.59. The SMILES string of the molecule is CCNC(=NCCCc1nnc2ccccn12)NC1CCc2nc(COC)nn2C1.I. The van der Waals surface area contributed by atoms with Gasteiger partial charge in [-0.25, -0.2) is 9.67 Å². The van der Waals surface area contributed by atoms with Gasteiger partial charge in [0.25, 0.3) is 0 Å². The van der Waals surface area contributed by atoms with E-state index in [1.54, 1.807) is 7.11 Å². The maximum Gasteiger partial charge on any atom is 0.191 e. The Morgan fingerprint density at radius 2 is 2.23 bits per heavy atom. The highest BCUT2D eigenvalue weighted by Crippen LogP contribution is 2.13. The fourth-order valence-corrected chi connectivity index (χ4v) is 3.67. The van der Waals surface area contributed by atoms with Crippen LogP contribution in [0.2, 0.25) is 0 Å². The van der Waals surface area contributed by atoms with Crippen molar-refractivity contribution in [2.24, 2.45) is 4.99 Å². The highest BCUT2D eigenvalue weighted by molar-refractivity contribution is 14.0. The van der Waals surface area contributed by atoms with Crippen molar-refractivity contribution in [3.05, 3.63) is 41.9 Å². The molecule has 10 nitrogen and oxygen atoms in total. The van der Waals surface area contributed by atoms with E-state index in [4.69, 9.17) is 9.73 Å². The molecular formula is C20H30IN9O. The molecule has 3 aromatic rings. The smallest absolute Gasteiger partial charge is 0.191 e. The number of methoxy groups -OCH3 is 1. The second-order valence-corrected chi connectivity index (χ2v) is 7.35. The number of ether oxygens (including phenoxy) is 1. The number of rotatable bonds is 8. The van der Waals surface area contributed by atoms with Crippen LogP contribution in [0.4, 0.5) is 0 Å². The number of aromatic nitrogens is 6. The molecule has 0 spiro atoms. The summed E-state index contributed by atoms with van der Waals surface area (Å²) in [6, 6.07) is 6.20. The number of aliphatic imine (C=N–C) groups is 1. The first-order chi connectivity index (χ1) is 14.8. The largest absolute Gasteiger partial charge is 0.377 e. The van der Waals surface area contributed by atoms with Crippen molar-refractivity contribution in [1.29, 1.82) is 0 Å². The maximum absolute atomic E-state index is 5.14. The molecule has 4 heterocycles. The van der Waals surface area contributed by atoms with Crippen molar-refractivity contribution >= 4 is 35.6 Å². The third kappa shape index (κ3) is 5.91. The fraction of sp³-hybridized carbons (Fsp3) is 0.550. The van der Waals surface area contributed by atoms with Crippen molar-refractivity contribution in [1.82, 2.24) is 40.0 Å². The van der Waals surface area contributed by atoms with Gasteiger partial charge >= 0.3 is 0 Å². The van der Waals surface area contributed by atoms with E-state index in [0.29, 0.717) is 6.61 Å². The third-order valence-corrected chi connectivity index (χ3v) is 5.07. The van der Waals surface area contributed by atoms with Gasteiger partial charge in [0.2, 0.25) is 0 Å². The molecule has 2 N–H and O–H groups in total. The number of aryl methyl sites for hydroxylation is 2. The molecule has 1 aliphatic heterocycles. The molecule has 0 aliphatic carbocycles. The number of halogens is 1. The minimum atomic E-state index is 0. The Labute approximate surface area is 198 Å². The molecule has 0 saturated carbocycles. The van der Waals surface area contributed by atoms with Crippen LogP contribution in [0.3, 0.4) is 0 Å². The molecule has 31 heavy (non-hydrogen) atoms. The van der Waals surface area contributed by atoms with Crippen LogP contribution >= 0.6 is 24.0 Å². The predicted molar refractivity (Wildman–Crippen MR) is 129 cm³/mol. The van der Waals surface area contributed by atoms with E-state index >= 15 is 0 Å². The summed E-state index contributed by atoms with van der Waals surface area (Å²) < 4.78 is 9.15. The molecule has 1 unspecified atom stereocenters. The Bertz CT molecular complexity index is 1000. The minimum Gasteiger partial charge on any atom is -0.377 e. The van der Waals surface area contributed by atoms with Gasteiger partial charge < -0.3 is 15.4 Å². The first kappa shape index (κ1) is 23.4. The number of fused-ring (bicyclic) bond motifs is 2. The van der Waals surface area contributed by atoms with Crippen LogP contribution in [-0.4, -0.2) is 61.6 Å². The Balaban J connectivity index is 0.00000272. The first-order valence-electron chi connectivity index (χ1n) is 10.5. The van der Waals surface area contributed by atoms with E-state index in [2.05, 4.69) is 37.8 Å². The van der Waals surface area contributed by atoms with Crippen LogP contribution in [0.5, 0.6) is 0 Å². The molecule has 168 valence electrons. The van der Waals surface area contributed by atoms with Gasteiger partial charge in [0.15, 0.2) is 17.4 Å². The Hall–Kier alpha value is -2.28. The van der Waals surface area contributed by atoms with Crippen molar-refractivity contribution in [3.63, 3.8) is 0 Å². The second kappa shape index (κ2) is 11.4. The zero-order valence-electron chi connectivity index (χ0n) is 18.0. The second-order valence-electron chi connectivity index (χ2n) is 7.35. The highest BCUT2D eigenvalue weighted by Gasteiger charge is 2.22. The van der Waals surface area contributed by atoms with E-state index in [9.17, 15) is 0 Å². The van der Waals surface area contributed by atoms with Crippen molar-refractivity contribution in [2.75, 3.05) is 20.2 Å². The first-order valence-corrected chi connectivity index (χ1v) is 10.5. The monoisotopic (exact) mass is 539 g/mol. The van der Waals surface area contributed by atoms with Gasteiger partial charge in [-0.1, -0.05) is 6.07 Å². The molecule has 0 radical (unpaired) electrons. The van der Waals surface area contributed by atoms with Crippen molar-refractivity contribution in [3.8, 4) is 0 Å². The van der Waals surface area contributed by atoms with E-state index in [1.165, 1.54) is 0 Å². The van der Waals surface area contributed by atoms with Gasteiger partial charge in [-0.2, -0.15) is 5.10 Å². The van der Waals surface area contributed by atoms with Crippen LogP contribution in [0.15, 0.2) is 29.4 Å². The summed E-state index contributed by atoms with van der Waals surface area (Å²) in [5.74, 6) is 3.59. The zero-order chi connectivity index (χ0) is 20.8. The fourth-order valence-electron chi connectivity index (χ4n) is 3.67. The van der Waals surface area contributed by atoms with E-state index in [0.717, 1.165) is 74.4 Å². The molecule has 4 rings (SSSR count). The molecular weight excluding hydrogens is 509 g/mol. The normalized spacial score (nSPS) is 16.1. The topological polar surface area (TPSA) is 107 Å². The molecule has 3 aromatic heterocycles. The summed E-state index contributed by atoms with van der Waals surface area (Å²) in [5.41, 5.74) is 0.879. The molecule has 0 saturated heterocycles. The Morgan fingerprint density at radius 1 is 1.32 bits per heavy atom. The summed E-state index contributed by atoms with van der Waals surface area (Å²) >= 11 is 0. The van der Waals surface area contributed by atoms with Gasteiger partial charge in [0, 0.05) is 45.3 Å². The van der Waals surface area contributed by atoms with Crippen LogP contribution in [0, 0.1) is 0 Å². The average molecular weight is 539 g/mol. The molecule has 1 aliphatic rings. The molecule has 0 bridgehead atoms. The molecule has 0 amide bonds. The van der Waals surface area contributed by atoms with Crippen LogP contribution in [0.25, 0.3) is 5.65 Å². The average Bonchev–Trinajstić information content (AvgIpc) is 3.35. The van der Waals surface area contributed by atoms with E-state index < -0.39 is 0 Å². The number of nitrogens with one attached hydrogen (secondary N) is 2. The molecule has 1 atom stereocenters. The van der Waals surface area contributed by atoms with Gasteiger partial charge in [0.1, 0.15) is 18.3 Å². The Kier molecular flexibility index (Phi) is 8.58. The van der Waals surface area contributed by atoms with Crippen molar-refractivity contribution < 1.29 is 4.74 Å². The standard InChI is InChI=1S/C20H29N9O.HI/c1-3-21-20(22-11-6-8-19-26-25-18-7-4-5-12-28(18)19)23-15-9-10-17-24-16(14-30-2)27-29(17)13-15;/h4-5,7,12,15H,3,6,8-11,13-14H2,1-2H3,(H2,21,22,23);1H. The molecule has 11 heteroatoms. The number of hydrogen-bond donors (Lipinski definition) is 2. The summed E-state index contributed by atoms with van der Waals surface area (Å²) in [4.78, 5) is 9.29. The van der Waals surface area contributed by atoms with Crippen LogP contribution in [0.1, 0.15) is 37.2 Å². The summed E-state index contributed by atoms with van der Waals surface area (Å²) in [7, 11) is 1.66. The molecule has 0 fully saturated rings. The lowest BCUT2D eigenvalue weighted by Crippen LogP contribution is -2.47. The lowest BCUT2D eigenvalue weighted by molar-refractivity contribution is 0.177. The number of hydrogen-bond acceptors (Lipinski definition) is 6. The zero-order valence-corrected chi connectivity index (χ0v) is 20.3. The molecule has 0 aromatic carbocycles. The van der Waals surface area contributed by atoms with Crippen LogP contribution in [-0.2, 0) is 30.7 Å². The number of pyridine rings is 1. The highest BCUT2D eigenvalue weighted by atomic mass is 127. The summed E-state index contributed by atoms with van der Waals surface area (Å²) in [5, 5.41) is 19.9. The van der Waals surface area contributed by atoms with E-state index in [-0.39, 0.29) is 30.0 Å². The third-order valence-electron chi connectivity index (χ3n) is 5.07. The van der Waals surface area contributed by atoms with Crippen molar-refractivity contribution in [2.45, 2.75) is 51.8 Å².